The van der Waals surface area contributed by atoms with Crippen LogP contribution in [0.15, 0.2) is 42.5 Å². The number of thiazole rings is 1. The smallest absolute Gasteiger partial charge is 0.274 e. The van der Waals surface area contributed by atoms with Gasteiger partial charge in [-0.15, -0.1) is 11.3 Å². The standard InChI is InChI=1S/C26H27N3O3S/c1-17-28-24(25(33-17)21-6-4-5-20(13-21)15-27)26(30)29(16-19-7-8-19)12-11-18-9-10-22(31-2)23(14-18)32-3/h4-6,9-10,13-14,19H,7-8,11-12,16H2,1-3H3. The summed E-state index contributed by atoms with van der Waals surface area (Å²) in [5.74, 6) is 1.88. The van der Waals surface area contributed by atoms with E-state index in [2.05, 4.69) is 11.1 Å². The summed E-state index contributed by atoms with van der Waals surface area (Å²) in [6, 6.07) is 15.4. The third kappa shape index (κ3) is 5.35. The summed E-state index contributed by atoms with van der Waals surface area (Å²) in [5.41, 5.74) is 2.98. The van der Waals surface area contributed by atoms with Gasteiger partial charge in [-0.2, -0.15) is 5.26 Å². The molecule has 1 heterocycles. The summed E-state index contributed by atoms with van der Waals surface area (Å²) in [4.78, 5) is 21.0. The number of nitrogens with zero attached hydrogens (tertiary/aromatic N) is 3. The normalized spacial score (nSPS) is 12.8. The first kappa shape index (κ1) is 22.8. The number of benzene rings is 2. The van der Waals surface area contributed by atoms with Crippen LogP contribution in [0.5, 0.6) is 11.5 Å². The molecule has 0 radical (unpaired) electrons. The van der Waals surface area contributed by atoms with Crippen LogP contribution in [0.1, 0.15) is 39.5 Å². The number of carbonyl (C=O) groups is 1. The monoisotopic (exact) mass is 461 g/mol. The molecule has 0 atom stereocenters. The Morgan fingerprint density at radius 2 is 1.97 bits per heavy atom. The lowest BCUT2D eigenvalue weighted by atomic mass is 10.1. The minimum absolute atomic E-state index is 0.0518. The maximum absolute atomic E-state index is 13.7. The van der Waals surface area contributed by atoms with E-state index in [0.29, 0.717) is 41.6 Å². The number of rotatable bonds is 9. The SMILES string of the molecule is COc1ccc(CCN(CC2CC2)C(=O)c2nc(C)sc2-c2cccc(C#N)c2)cc1OC. The number of aryl methyl sites for hydroxylation is 1. The zero-order valence-corrected chi connectivity index (χ0v) is 19.9. The molecule has 3 aromatic rings. The van der Waals surface area contributed by atoms with Crippen molar-refractivity contribution in [2.45, 2.75) is 26.2 Å². The number of nitriles is 1. The molecule has 1 aliphatic carbocycles. The van der Waals surface area contributed by atoms with Crippen molar-refractivity contribution in [1.82, 2.24) is 9.88 Å². The van der Waals surface area contributed by atoms with Crippen molar-refractivity contribution in [3.05, 3.63) is 64.3 Å². The Morgan fingerprint density at radius 1 is 1.18 bits per heavy atom. The third-order valence-corrected chi connectivity index (χ3v) is 6.79. The molecular formula is C26H27N3O3S. The van der Waals surface area contributed by atoms with Gasteiger partial charge in [-0.25, -0.2) is 4.98 Å². The van der Waals surface area contributed by atoms with Crippen molar-refractivity contribution in [3.8, 4) is 28.0 Å². The van der Waals surface area contributed by atoms with Gasteiger partial charge in [-0.05, 0) is 67.5 Å². The molecule has 0 saturated heterocycles. The van der Waals surface area contributed by atoms with Crippen LogP contribution >= 0.6 is 11.3 Å². The number of aromatic nitrogens is 1. The molecular weight excluding hydrogens is 434 g/mol. The maximum Gasteiger partial charge on any atom is 0.274 e. The lowest BCUT2D eigenvalue weighted by molar-refractivity contribution is 0.0745. The molecule has 1 saturated carbocycles. The number of ether oxygens (including phenoxy) is 2. The van der Waals surface area contributed by atoms with E-state index in [1.807, 2.05) is 48.2 Å². The maximum atomic E-state index is 13.7. The van der Waals surface area contributed by atoms with Gasteiger partial charge in [0.15, 0.2) is 11.5 Å². The Morgan fingerprint density at radius 3 is 2.67 bits per heavy atom. The molecule has 6 nitrogen and oxygen atoms in total. The Kier molecular flexibility index (Phi) is 6.95. The average Bonchev–Trinajstić information content (AvgIpc) is 3.59. The molecule has 170 valence electrons. The van der Waals surface area contributed by atoms with Gasteiger partial charge < -0.3 is 14.4 Å². The highest BCUT2D eigenvalue weighted by Crippen LogP contribution is 2.34. The van der Waals surface area contributed by atoms with Gasteiger partial charge in [0, 0.05) is 13.1 Å². The van der Waals surface area contributed by atoms with E-state index in [1.165, 1.54) is 11.3 Å². The van der Waals surface area contributed by atoms with E-state index >= 15 is 0 Å². The van der Waals surface area contributed by atoms with Crippen LogP contribution in [-0.4, -0.2) is 43.1 Å². The molecule has 33 heavy (non-hydrogen) atoms. The molecule has 7 heteroatoms. The van der Waals surface area contributed by atoms with Gasteiger partial charge in [0.05, 0.1) is 35.7 Å². The number of methoxy groups -OCH3 is 2. The van der Waals surface area contributed by atoms with Crippen molar-refractivity contribution in [2.75, 3.05) is 27.3 Å². The minimum Gasteiger partial charge on any atom is -0.493 e. The molecule has 2 aromatic carbocycles. The van der Waals surface area contributed by atoms with Crippen LogP contribution in [0.3, 0.4) is 0 Å². The Labute approximate surface area is 198 Å². The first-order valence-electron chi connectivity index (χ1n) is 11.0. The van der Waals surface area contributed by atoms with E-state index in [0.717, 1.165) is 40.4 Å². The molecule has 4 rings (SSSR count). The van der Waals surface area contributed by atoms with Crippen LogP contribution < -0.4 is 9.47 Å². The van der Waals surface area contributed by atoms with Crippen molar-refractivity contribution in [1.29, 1.82) is 5.26 Å². The third-order valence-electron chi connectivity index (χ3n) is 5.77. The predicted octanol–water partition coefficient (Wildman–Crippen LogP) is 5.10. The molecule has 1 fully saturated rings. The molecule has 0 spiro atoms. The van der Waals surface area contributed by atoms with E-state index in [4.69, 9.17) is 9.47 Å². The van der Waals surface area contributed by atoms with Crippen LogP contribution in [0.4, 0.5) is 0 Å². The number of hydrogen-bond donors (Lipinski definition) is 0. The summed E-state index contributed by atoms with van der Waals surface area (Å²) >= 11 is 1.49. The summed E-state index contributed by atoms with van der Waals surface area (Å²) in [7, 11) is 3.24. The highest BCUT2D eigenvalue weighted by atomic mass is 32.1. The van der Waals surface area contributed by atoms with Gasteiger partial charge in [-0.3, -0.25) is 4.79 Å². The van der Waals surface area contributed by atoms with Crippen molar-refractivity contribution in [2.24, 2.45) is 5.92 Å². The number of amides is 1. The second kappa shape index (κ2) is 10.1. The van der Waals surface area contributed by atoms with Gasteiger partial charge in [0.25, 0.3) is 5.91 Å². The quantitative estimate of drug-likeness (QED) is 0.443. The van der Waals surface area contributed by atoms with E-state index in [9.17, 15) is 10.1 Å². The lowest BCUT2D eigenvalue weighted by Gasteiger charge is -2.23. The van der Waals surface area contributed by atoms with Crippen LogP contribution in [0.25, 0.3) is 10.4 Å². The molecule has 0 unspecified atom stereocenters. The van der Waals surface area contributed by atoms with Gasteiger partial charge in [-0.1, -0.05) is 18.2 Å². The molecule has 1 aromatic heterocycles. The highest BCUT2D eigenvalue weighted by Gasteiger charge is 2.30. The number of hydrogen-bond acceptors (Lipinski definition) is 6. The second-order valence-electron chi connectivity index (χ2n) is 8.24. The van der Waals surface area contributed by atoms with Gasteiger partial charge in [0.2, 0.25) is 0 Å². The van der Waals surface area contributed by atoms with Crippen LogP contribution in [0.2, 0.25) is 0 Å². The van der Waals surface area contributed by atoms with E-state index in [-0.39, 0.29) is 5.91 Å². The fourth-order valence-corrected chi connectivity index (χ4v) is 4.74. The van der Waals surface area contributed by atoms with Crippen LogP contribution in [0, 0.1) is 24.2 Å². The van der Waals surface area contributed by atoms with E-state index in [1.54, 1.807) is 20.3 Å². The fraction of sp³-hybridized carbons (Fsp3) is 0.346. The topological polar surface area (TPSA) is 75.5 Å². The summed E-state index contributed by atoms with van der Waals surface area (Å²) in [6.07, 6.45) is 3.03. The second-order valence-corrected chi connectivity index (χ2v) is 9.44. The van der Waals surface area contributed by atoms with Crippen LogP contribution in [-0.2, 0) is 6.42 Å². The largest absolute Gasteiger partial charge is 0.493 e. The van der Waals surface area contributed by atoms with Crippen molar-refractivity contribution in [3.63, 3.8) is 0 Å². The molecule has 0 N–H and O–H groups in total. The Balaban J connectivity index is 1.58. The molecule has 0 aliphatic heterocycles. The molecule has 0 bridgehead atoms. The fourth-order valence-electron chi connectivity index (χ4n) is 3.84. The average molecular weight is 462 g/mol. The predicted molar refractivity (Wildman–Crippen MR) is 129 cm³/mol. The zero-order chi connectivity index (χ0) is 23.4. The van der Waals surface area contributed by atoms with Gasteiger partial charge in [0.1, 0.15) is 5.69 Å². The summed E-state index contributed by atoms with van der Waals surface area (Å²) in [6.45, 7) is 3.24. The molecule has 1 aliphatic rings. The first-order valence-corrected chi connectivity index (χ1v) is 11.8. The summed E-state index contributed by atoms with van der Waals surface area (Å²) in [5, 5.41) is 10.1. The zero-order valence-electron chi connectivity index (χ0n) is 19.1. The van der Waals surface area contributed by atoms with Gasteiger partial charge >= 0.3 is 0 Å². The number of carbonyl (C=O) groups excluding carboxylic acids is 1. The minimum atomic E-state index is -0.0518. The van der Waals surface area contributed by atoms with Crippen molar-refractivity contribution >= 4 is 17.2 Å². The first-order chi connectivity index (χ1) is 16.0. The highest BCUT2D eigenvalue weighted by molar-refractivity contribution is 7.15. The van der Waals surface area contributed by atoms with E-state index < -0.39 is 0 Å². The lowest BCUT2D eigenvalue weighted by Crippen LogP contribution is -2.35. The van der Waals surface area contributed by atoms with Crippen molar-refractivity contribution < 1.29 is 14.3 Å². The summed E-state index contributed by atoms with van der Waals surface area (Å²) < 4.78 is 10.8. The Hall–Kier alpha value is -3.37. The Bertz CT molecular complexity index is 1190. The molecule has 1 amide bonds.